The Bertz CT molecular complexity index is 402. The van der Waals surface area contributed by atoms with Crippen molar-refractivity contribution in [2.24, 2.45) is 0 Å². The van der Waals surface area contributed by atoms with Gasteiger partial charge in [0.05, 0.1) is 12.7 Å². The van der Waals surface area contributed by atoms with E-state index < -0.39 is 0 Å². The van der Waals surface area contributed by atoms with E-state index in [0.717, 1.165) is 44.6 Å². The number of nitrogens with one attached hydrogen (secondary N) is 1. The van der Waals surface area contributed by atoms with Crippen molar-refractivity contribution in [2.75, 3.05) is 20.3 Å². The van der Waals surface area contributed by atoms with Gasteiger partial charge in [-0.25, -0.2) is 0 Å². The summed E-state index contributed by atoms with van der Waals surface area (Å²) < 4.78 is 11.2. The molecule has 20 heavy (non-hydrogen) atoms. The Balaban J connectivity index is 1.87. The number of hydrogen-bond acceptors (Lipinski definition) is 3. The van der Waals surface area contributed by atoms with Crippen molar-refractivity contribution in [3.05, 3.63) is 29.8 Å². The first-order chi connectivity index (χ1) is 9.65. The van der Waals surface area contributed by atoms with E-state index in [0.29, 0.717) is 6.04 Å². The average Bonchev–Trinajstić information content (AvgIpc) is 2.46. The normalized spacial score (nSPS) is 26.4. The van der Waals surface area contributed by atoms with Gasteiger partial charge >= 0.3 is 0 Å². The van der Waals surface area contributed by atoms with Crippen molar-refractivity contribution >= 4 is 0 Å². The third kappa shape index (κ3) is 4.22. The maximum atomic E-state index is 6.04. The van der Waals surface area contributed by atoms with Crippen molar-refractivity contribution in [1.82, 2.24) is 5.32 Å². The molecule has 0 radical (unpaired) electrons. The minimum Gasteiger partial charge on any atom is -0.497 e. The van der Waals surface area contributed by atoms with Gasteiger partial charge in [0.1, 0.15) is 5.75 Å². The lowest BCUT2D eigenvalue weighted by molar-refractivity contribution is -0.0803. The summed E-state index contributed by atoms with van der Waals surface area (Å²) in [5.74, 6) is 0.918. The first-order valence-corrected chi connectivity index (χ1v) is 7.65. The molecular weight excluding hydrogens is 250 g/mol. The molecule has 1 aliphatic rings. The van der Waals surface area contributed by atoms with E-state index in [2.05, 4.69) is 31.3 Å². The van der Waals surface area contributed by atoms with Gasteiger partial charge in [0.15, 0.2) is 0 Å². The second-order valence-corrected chi connectivity index (χ2v) is 5.89. The third-order valence-corrected chi connectivity index (χ3v) is 4.19. The Morgan fingerprint density at radius 1 is 1.35 bits per heavy atom. The van der Waals surface area contributed by atoms with Gasteiger partial charge in [-0.15, -0.1) is 0 Å². The SMILES string of the molecule is CCNC1CCOC(C)(CCc2ccc(OC)cc2)C1. The Hall–Kier alpha value is -1.06. The van der Waals surface area contributed by atoms with Crippen molar-refractivity contribution in [3.8, 4) is 5.75 Å². The number of ether oxygens (including phenoxy) is 2. The molecule has 2 atom stereocenters. The van der Waals surface area contributed by atoms with Gasteiger partial charge < -0.3 is 14.8 Å². The summed E-state index contributed by atoms with van der Waals surface area (Å²) >= 11 is 0. The fourth-order valence-corrected chi connectivity index (χ4v) is 2.97. The van der Waals surface area contributed by atoms with Crippen LogP contribution >= 0.6 is 0 Å². The molecule has 2 unspecified atom stereocenters. The summed E-state index contributed by atoms with van der Waals surface area (Å²) in [4.78, 5) is 0. The number of benzene rings is 1. The zero-order valence-corrected chi connectivity index (χ0v) is 12.9. The Labute approximate surface area is 122 Å². The van der Waals surface area contributed by atoms with Crippen molar-refractivity contribution < 1.29 is 9.47 Å². The Morgan fingerprint density at radius 2 is 2.10 bits per heavy atom. The highest BCUT2D eigenvalue weighted by atomic mass is 16.5. The Morgan fingerprint density at radius 3 is 2.75 bits per heavy atom. The maximum Gasteiger partial charge on any atom is 0.118 e. The molecule has 0 amide bonds. The van der Waals surface area contributed by atoms with Crippen molar-refractivity contribution in [3.63, 3.8) is 0 Å². The maximum absolute atomic E-state index is 6.04. The van der Waals surface area contributed by atoms with Gasteiger partial charge in [-0.3, -0.25) is 0 Å². The first-order valence-electron chi connectivity index (χ1n) is 7.65. The topological polar surface area (TPSA) is 30.5 Å². The first kappa shape index (κ1) is 15.3. The summed E-state index contributed by atoms with van der Waals surface area (Å²) in [6, 6.07) is 8.95. The van der Waals surface area contributed by atoms with Crippen LogP contribution in [0, 0.1) is 0 Å². The predicted octanol–water partition coefficient (Wildman–Crippen LogP) is 3.18. The monoisotopic (exact) mass is 277 g/mol. The lowest BCUT2D eigenvalue weighted by Crippen LogP contribution is -2.45. The van der Waals surface area contributed by atoms with E-state index in [1.54, 1.807) is 7.11 Å². The largest absolute Gasteiger partial charge is 0.497 e. The van der Waals surface area contributed by atoms with Crippen LogP contribution in [0.1, 0.15) is 38.7 Å². The van der Waals surface area contributed by atoms with Gasteiger partial charge in [0.25, 0.3) is 0 Å². The summed E-state index contributed by atoms with van der Waals surface area (Å²) in [7, 11) is 1.70. The molecule has 0 aliphatic carbocycles. The van der Waals surface area contributed by atoms with E-state index in [9.17, 15) is 0 Å². The molecule has 1 aliphatic heterocycles. The standard InChI is InChI=1S/C17H27NO2/c1-4-18-15-10-12-20-17(2,13-15)11-9-14-5-7-16(19-3)8-6-14/h5-8,15,18H,4,9-13H2,1-3H3. The molecule has 1 fully saturated rings. The van der Waals surface area contributed by atoms with Gasteiger partial charge in [-0.05, 0) is 56.8 Å². The Kier molecular flexibility index (Phi) is 5.44. The van der Waals surface area contributed by atoms with Crippen LogP contribution in [0.4, 0.5) is 0 Å². The minimum atomic E-state index is 0.00497. The lowest BCUT2D eigenvalue weighted by Gasteiger charge is -2.39. The fraction of sp³-hybridized carbons (Fsp3) is 0.647. The molecule has 0 saturated carbocycles. The lowest BCUT2D eigenvalue weighted by atomic mass is 9.87. The molecule has 0 spiro atoms. The fourth-order valence-electron chi connectivity index (χ4n) is 2.97. The van der Waals surface area contributed by atoms with Crippen LogP contribution in [-0.4, -0.2) is 31.9 Å². The summed E-state index contributed by atoms with van der Waals surface area (Å²) in [5.41, 5.74) is 1.35. The van der Waals surface area contributed by atoms with E-state index in [4.69, 9.17) is 9.47 Å². The highest BCUT2D eigenvalue weighted by molar-refractivity contribution is 5.27. The average molecular weight is 277 g/mol. The van der Waals surface area contributed by atoms with Gasteiger partial charge in [-0.1, -0.05) is 19.1 Å². The van der Waals surface area contributed by atoms with Crippen molar-refractivity contribution in [1.29, 1.82) is 0 Å². The zero-order valence-electron chi connectivity index (χ0n) is 12.9. The molecule has 112 valence electrons. The third-order valence-electron chi connectivity index (χ3n) is 4.19. The zero-order chi connectivity index (χ0) is 14.4. The minimum absolute atomic E-state index is 0.00497. The molecule has 1 N–H and O–H groups in total. The van der Waals surface area contributed by atoms with Crippen LogP contribution in [-0.2, 0) is 11.2 Å². The molecule has 1 aromatic carbocycles. The summed E-state index contributed by atoms with van der Waals surface area (Å²) in [5, 5.41) is 3.56. The van der Waals surface area contributed by atoms with Crippen LogP contribution in [0.15, 0.2) is 24.3 Å². The smallest absolute Gasteiger partial charge is 0.118 e. The van der Waals surface area contributed by atoms with E-state index in [-0.39, 0.29) is 5.60 Å². The van der Waals surface area contributed by atoms with Crippen LogP contribution in [0.25, 0.3) is 0 Å². The molecule has 3 nitrogen and oxygen atoms in total. The quantitative estimate of drug-likeness (QED) is 0.866. The molecule has 3 heteroatoms. The van der Waals surface area contributed by atoms with Crippen LogP contribution in [0.5, 0.6) is 5.75 Å². The summed E-state index contributed by atoms with van der Waals surface area (Å²) in [6.07, 6.45) is 4.36. The van der Waals surface area contributed by atoms with E-state index in [1.165, 1.54) is 5.56 Å². The summed E-state index contributed by atoms with van der Waals surface area (Å²) in [6.45, 7) is 6.33. The second kappa shape index (κ2) is 7.09. The van der Waals surface area contributed by atoms with E-state index >= 15 is 0 Å². The molecular formula is C17H27NO2. The highest BCUT2D eigenvalue weighted by Gasteiger charge is 2.32. The molecule has 0 aromatic heterocycles. The molecule has 2 rings (SSSR count). The van der Waals surface area contributed by atoms with E-state index in [1.807, 2.05) is 12.1 Å². The number of hydrogen-bond donors (Lipinski definition) is 1. The van der Waals surface area contributed by atoms with Gasteiger partial charge in [-0.2, -0.15) is 0 Å². The van der Waals surface area contributed by atoms with Crippen LogP contribution in [0.3, 0.4) is 0 Å². The molecule has 1 heterocycles. The highest BCUT2D eigenvalue weighted by Crippen LogP contribution is 2.29. The van der Waals surface area contributed by atoms with Gasteiger partial charge in [0.2, 0.25) is 0 Å². The van der Waals surface area contributed by atoms with Crippen molar-refractivity contribution in [2.45, 2.75) is 51.2 Å². The number of rotatable bonds is 6. The predicted molar refractivity (Wildman–Crippen MR) is 82.4 cm³/mol. The van der Waals surface area contributed by atoms with Gasteiger partial charge in [0, 0.05) is 12.6 Å². The second-order valence-electron chi connectivity index (χ2n) is 5.89. The number of aryl methyl sites for hydroxylation is 1. The van der Waals surface area contributed by atoms with Crippen LogP contribution < -0.4 is 10.1 Å². The number of methoxy groups -OCH3 is 1. The molecule has 1 saturated heterocycles. The molecule has 0 bridgehead atoms. The molecule has 1 aromatic rings. The van der Waals surface area contributed by atoms with Crippen LogP contribution in [0.2, 0.25) is 0 Å².